The first kappa shape index (κ1) is 18.9. The SMILES string of the molecule is CCNC(=NCc1nc(C)c(C)s1)NCCc1nc(CC)c(C)s1. The zero-order valence-corrected chi connectivity index (χ0v) is 16.8. The fraction of sp³-hybridized carbons (Fsp3) is 0.588. The fourth-order valence-corrected chi connectivity index (χ4v) is 4.19. The average Bonchev–Trinajstić information content (AvgIpc) is 3.07. The molecule has 2 N–H and O–H groups in total. The van der Waals surface area contributed by atoms with Gasteiger partial charge in [0.25, 0.3) is 0 Å². The highest BCUT2D eigenvalue weighted by Crippen LogP contribution is 2.18. The normalized spacial score (nSPS) is 11.8. The molecular weight excluding hydrogens is 338 g/mol. The summed E-state index contributed by atoms with van der Waals surface area (Å²) in [5, 5.41) is 8.93. The minimum absolute atomic E-state index is 0.616. The maximum absolute atomic E-state index is 4.69. The summed E-state index contributed by atoms with van der Waals surface area (Å²) >= 11 is 3.52. The van der Waals surface area contributed by atoms with Crippen LogP contribution in [0.25, 0.3) is 0 Å². The van der Waals surface area contributed by atoms with Gasteiger partial charge in [-0.25, -0.2) is 15.0 Å². The minimum Gasteiger partial charge on any atom is -0.357 e. The van der Waals surface area contributed by atoms with Crippen LogP contribution in [0.4, 0.5) is 0 Å². The zero-order chi connectivity index (χ0) is 17.5. The van der Waals surface area contributed by atoms with Crippen LogP contribution >= 0.6 is 22.7 Å². The number of rotatable bonds is 7. The lowest BCUT2D eigenvalue weighted by molar-refractivity contribution is 0.793. The summed E-state index contributed by atoms with van der Waals surface area (Å²) in [5.74, 6) is 0.840. The molecule has 0 aliphatic carbocycles. The van der Waals surface area contributed by atoms with Crippen molar-refractivity contribution in [3.8, 4) is 0 Å². The van der Waals surface area contributed by atoms with Crippen LogP contribution in [0.3, 0.4) is 0 Å². The Morgan fingerprint density at radius 1 is 1.00 bits per heavy atom. The van der Waals surface area contributed by atoms with E-state index in [1.807, 2.05) is 6.92 Å². The second-order valence-electron chi connectivity index (χ2n) is 5.59. The van der Waals surface area contributed by atoms with E-state index in [4.69, 9.17) is 0 Å². The van der Waals surface area contributed by atoms with E-state index in [-0.39, 0.29) is 0 Å². The molecule has 0 spiro atoms. The van der Waals surface area contributed by atoms with Crippen LogP contribution in [-0.4, -0.2) is 29.0 Å². The Kier molecular flexibility index (Phi) is 7.17. The highest BCUT2D eigenvalue weighted by molar-refractivity contribution is 7.11. The summed E-state index contributed by atoms with van der Waals surface area (Å²) in [4.78, 5) is 16.5. The van der Waals surface area contributed by atoms with Gasteiger partial charge in [0.2, 0.25) is 0 Å². The number of aromatic nitrogens is 2. The lowest BCUT2D eigenvalue weighted by Crippen LogP contribution is -2.38. The van der Waals surface area contributed by atoms with Gasteiger partial charge in [0, 0.05) is 29.3 Å². The summed E-state index contributed by atoms with van der Waals surface area (Å²) in [7, 11) is 0. The number of guanidine groups is 1. The maximum atomic E-state index is 4.69. The van der Waals surface area contributed by atoms with Gasteiger partial charge in [0.1, 0.15) is 5.01 Å². The third kappa shape index (κ3) is 5.27. The smallest absolute Gasteiger partial charge is 0.191 e. The van der Waals surface area contributed by atoms with Gasteiger partial charge in [-0.05, 0) is 34.1 Å². The molecule has 2 heterocycles. The fourth-order valence-electron chi connectivity index (χ4n) is 2.31. The number of nitrogens with zero attached hydrogens (tertiary/aromatic N) is 3. The molecule has 2 aromatic rings. The Bertz CT molecular complexity index is 668. The van der Waals surface area contributed by atoms with Crippen molar-refractivity contribution >= 4 is 28.6 Å². The second-order valence-corrected chi connectivity index (χ2v) is 8.16. The van der Waals surface area contributed by atoms with E-state index < -0.39 is 0 Å². The van der Waals surface area contributed by atoms with Crippen molar-refractivity contribution in [2.45, 2.75) is 54.0 Å². The third-order valence-electron chi connectivity index (χ3n) is 3.69. The molecule has 5 nitrogen and oxygen atoms in total. The molecule has 0 amide bonds. The predicted molar refractivity (Wildman–Crippen MR) is 104 cm³/mol. The van der Waals surface area contributed by atoms with Crippen molar-refractivity contribution in [2.75, 3.05) is 13.1 Å². The van der Waals surface area contributed by atoms with Crippen molar-refractivity contribution in [2.24, 2.45) is 4.99 Å². The molecule has 0 aliphatic rings. The topological polar surface area (TPSA) is 62.2 Å². The van der Waals surface area contributed by atoms with E-state index in [0.29, 0.717) is 6.54 Å². The van der Waals surface area contributed by atoms with Crippen LogP contribution in [0.15, 0.2) is 4.99 Å². The van der Waals surface area contributed by atoms with Crippen LogP contribution in [0, 0.1) is 20.8 Å². The molecule has 0 atom stereocenters. The molecule has 0 unspecified atom stereocenters. The van der Waals surface area contributed by atoms with Crippen molar-refractivity contribution in [1.29, 1.82) is 0 Å². The Balaban J connectivity index is 1.88. The monoisotopic (exact) mass is 365 g/mol. The van der Waals surface area contributed by atoms with E-state index in [1.165, 1.54) is 20.5 Å². The number of aryl methyl sites for hydroxylation is 4. The molecule has 0 radical (unpaired) electrons. The van der Waals surface area contributed by atoms with Crippen molar-refractivity contribution in [3.63, 3.8) is 0 Å². The molecule has 0 bridgehead atoms. The Labute approximate surface area is 152 Å². The van der Waals surface area contributed by atoms with E-state index in [9.17, 15) is 0 Å². The molecule has 132 valence electrons. The predicted octanol–water partition coefficient (Wildman–Crippen LogP) is 3.39. The van der Waals surface area contributed by atoms with E-state index in [1.54, 1.807) is 22.7 Å². The lowest BCUT2D eigenvalue weighted by Gasteiger charge is -2.10. The lowest BCUT2D eigenvalue weighted by atomic mass is 10.3. The third-order valence-corrected chi connectivity index (χ3v) is 5.82. The van der Waals surface area contributed by atoms with Crippen molar-refractivity contribution in [1.82, 2.24) is 20.6 Å². The molecule has 0 saturated heterocycles. The van der Waals surface area contributed by atoms with Crippen LogP contribution in [0.2, 0.25) is 0 Å². The highest BCUT2D eigenvalue weighted by atomic mass is 32.1. The van der Waals surface area contributed by atoms with Gasteiger partial charge in [-0.2, -0.15) is 0 Å². The summed E-state index contributed by atoms with van der Waals surface area (Å²) in [5.41, 5.74) is 2.33. The van der Waals surface area contributed by atoms with E-state index in [2.05, 4.69) is 53.3 Å². The first-order chi connectivity index (χ1) is 11.5. The molecule has 0 aliphatic heterocycles. The minimum atomic E-state index is 0.616. The van der Waals surface area contributed by atoms with Crippen molar-refractivity contribution < 1.29 is 0 Å². The van der Waals surface area contributed by atoms with Gasteiger partial charge in [0.05, 0.1) is 22.9 Å². The van der Waals surface area contributed by atoms with E-state index >= 15 is 0 Å². The van der Waals surface area contributed by atoms with Crippen LogP contribution in [0.5, 0.6) is 0 Å². The van der Waals surface area contributed by atoms with Crippen LogP contribution in [0.1, 0.15) is 45.0 Å². The van der Waals surface area contributed by atoms with E-state index in [0.717, 1.165) is 42.6 Å². The summed E-state index contributed by atoms with van der Waals surface area (Å²) in [6.45, 7) is 12.8. The zero-order valence-electron chi connectivity index (χ0n) is 15.2. The maximum Gasteiger partial charge on any atom is 0.191 e. The summed E-state index contributed by atoms with van der Waals surface area (Å²) < 4.78 is 0. The van der Waals surface area contributed by atoms with Gasteiger partial charge in [-0.3, -0.25) is 0 Å². The van der Waals surface area contributed by atoms with Gasteiger partial charge in [-0.1, -0.05) is 6.92 Å². The molecule has 2 rings (SSSR count). The molecule has 7 heteroatoms. The molecule has 2 aromatic heterocycles. The Morgan fingerprint density at radius 2 is 1.75 bits per heavy atom. The average molecular weight is 366 g/mol. The number of nitrogens with one attached hydrogen (secondary N) is 2. The quantitative estimate of drug-likeness (QED) is 0.583. The molecule has 0 saturated carbocycles. The second kappa shape index (κ2) is 9.13. The molecule has 24 heavy (non-hydrogen) atoms. The largest absolute Gasteiger partial charge is 0.357 e. The standard InChI is InChI=1S/C17H27N5S2/c1-6-14-13(5)24-15(22-14)8-9-19-17(18-7-2)20-10-16-21-11(3)12(4)23-16/h6-10H2,1-5H3,(H2,18,19,20). The Hall–Kier alpha value is -1.47. The van der Waals surface area contributed by atoms with Gasteiger partial charge in [-0.15, -0.1) is 22.7 Å². The highest BCUT2D eigenvalue weighted by Gasteiger charge is 2.07. The summed E-state index contributed by atoms with van der Waals surface area (Å²) in [6.07, 6.45) is 1.93. The number of hydrogen-bond donors (Lipinski definition) is 2. The Morgan fingerprint density at radius 3 is 2.33 bits per heavy atom. The number of hydrogen-bond acceptors (Lipinski definition) is 5. The molecule has 0 aromatic carbocycles. The summed E-state index contributed by atoms with van der Waals surface area (Å²) in [6, 6.07) is 0. The van der Waals surface area contributed by atoms with Gasteiger partial charge < -0.3 is 10.6 Å². The number of thiazole rings is 2. The van der Waals surface area contributed by atoms with Crippen LogP contribution in [-0.2, 0) is 19.4 Å². The van der Waals surface area contributed by atoms with Crippen molar-refractivity contribution in [3.05, 3.63) is 31.2 Å². The molecular formula is C17H27N5S2. The van der Waals surface area contributed by atoms with Gasteiger partial charge >= 0.3 is 0 Å². The van der Waals surface area contributed by atoms with Crippen LogP contribution < -0.4 is 10.6 Å². The number of aliphatic imine (C=N–C) groups is 1. The molecule has 0 fully saturated rings. The first-order valence-electron chi connectivity index (χ1n) is 8.43. The first-order valence-corrected chi connectivity index (χ1v) is 10.1. The van der Waals surface area contributed by atoms with Gasteiger partial charge in [0.15, 0.2) is 5.96 Å².